The van der Waals surface area contributed by atoms with Crippen molar-refractivity contribution in [1.82, 2.24) is 0 Å². The summed E-state index contributed by atoms with van der Waals surface area (Å²) in [6.07, 6.45) is 0. The maximum atomic E-state index is 11.7. The number of benzene rings is 1. The Bertz CT molecular complexity index is 429. The quantitative estimate of drug-likeness (QED) is 0.802. The minimum absolute atomic E-state index is 0.0465. The first-order chi connectivity index (χ1) is 8.06. The third-order valence-corrected chi connectivity index (χ3v) is 2.78. The highest BCUT2D eigenvalue weighted by Gasteiger charge is 2.15. The number of esters is 2. The van der Waals surface area contributed by atoms with Crippen molar-refractivity contribution in [2.75, 3.05) is 6.61 Å². The van der Waals surface area contributed by atoms with Gasteiger partial charge in [0.2, 0.25) is 0 Å². The van der Waals surface area contributed by atoms with Crippen molar-refractivity contribution in [3.63, 3.8) is 0 Å². The van der Waals surface area contributed by atoms with E-state index in [1.54, 1.807) is 25.1 Å². The predicted octanol–water partition coefficient (Wildman–Crippen LogP) is 2.69. The molecule has 0 heterocycles. The Kier molecular flexibility index (Phi) is 5.15. The summed E-state index contributed by atoms with van der Waals surface area (Å²) in [6.45, 7) is 3.41. The van der Waals surface area contributed by atoms with Crippen LogP contribution in [0.5, 0.6) is 0 Å². The Labute approximate surface area is 108 Å². The molecule has 92 valence electrons. The lowest BCUT2D eigenvalue weighted by molar-refractivity contribution is -0.142. The molecule has 1 rings (SSSR count). The molecule has 17 heavy (non-hydrogen) atoms. The molecule has 0 N–H and O–H groups in total. The van der Waals surface area contributed by atoms with E-state index in [-0.39, 0.29) is 6.61 Å². The molecule has 0 bridgehead atoms. The second kappa shape index (κ2) is 6.39. The lowest BCUT2D eigenvalue weighted by atomic mass is 10.1. The molecule has 0 unspecified atom stereocenters. The average molecular weight is 301 g/mol. The van der Waals surface area contributed by atoms with Crippen LogP contribution in [-0.4, -0.2) is 18.5 Å². The maximum Gasteiger partial charge on any atom is 0.338 e. The summed E-state index contributed by atoms with van der Waals surface area (Å²) >= 11 is 3.32. The number of carbonyl (C=O) groups is 2. The van der Waals surface area contributed by atoms with Crippen LogP contribution >= 0.6 is 15.9 Å². The molecule has 5 heteroatoms. The van der Waals surface area contributed by atoms with Gasteiger partial charge in [0, 0.05) is 17.0 Å². The van der Waals surface area contributed by atoms with Crippen LogP contribution < -0.4 is 0 Å². The molecule has 0 aliphatic carbocycles. The van der Waals surface area contributed by atoms with E-state index in [0.29, 0.717) is 22.2 Å². The van der Waals surface area contributed by atoms with Gasteiger partial charge in [-0.25, -0.2) is 4.79 Å². The molecule has 0 fully saturated rings. The molecular formula is C12H13BrO4. The van der Waals surface area contributed by atoms with Crippen LogP contribution in [0.15, 0.2) is 22.7 Å². The summed E-state index contributed by atoms with van der Waals surface area (Å²) in [6, 6.07) is 5.15. The lowest BCUT2D eigenvalue weighted by Gasteiger charge is -2.10. The zero-order chi connectivity index (χ0) is 12.8. The maximum absolute atomic E-state index is 11.7. The fraction of sp³-hybridized carbons (Fsp3) is 0.333. The summed E-state index contributed by atoms with van der Waals surface area (Å²) in [4.78, 5) is 22.5. The van der Waals surface area contributed by atoms with Crippen LogP contribution in [0.4, 0.5) is 0 Å². The topological polar surface area (TPSA) is 52.6 Å². The first-order valence-electron chi connectivity index (χ1n) is 5.14. The number of carbonyl (C=O) groups excluding carboxylic acids is 2. The molecule has 0 saturated carbocycles. The minimum Gasteiger partial charge on any atom is -0.462 e. The zero-order valence-electron chi connectivity index (χ0n) is 9.66. The molecule has 4 nitrogen and oxygen atoms in total. The second-order valence-corrected chi connectivity index (χ2v) is 4.12. The van der Waals surface area contributed by atoms with Gasteiger partial charge in [-0.05, 0) is 19.1 Å². The van der Waals surface area contributed by atoms with Gasteiger partial charge in [0.15, 0.2) is 0 Å². The summed E-state index contributed by atoms with van der Waals surface area (Å²) in [7, 11) is 0. The molecule has 0 radical (unpaired) electrons. The van der Waals surface area contributed by atoms with E-state index in [1.807, 2.05) is 0 Å². The molecule has 0 saturated heterocycles. The van der Waals surface area contributed by atoms with E-state index in [2.05, 4.69) is 15.9 Å². The number of halogens is 1. The summed E-state index contributed by atoms with van der Waals surface area (Å²) in [5.41, 5.74) is 1.02. The molecule has 0 atom stereocenters. The normalized spacial score (nSPS) is 9.82. The molecule has 1 aromatic rings. The molecule has 1 aromatic carbocycles. The third-order valence-electron chi connectivity index (χ3n) is 2.03. The highest BCUT2D eigenvalue weighted by atomic mass is 79.9. The summed E-state index contributed by atoms with van der Waals surface area (Å²) in [5, 5.41) is 0. The van der Waals surface area contributed by atoms with Gasteiger partial charge >= 0.3 is 11.9 Å². The van der Waals surface area contributed by atoms with Gasteiger partial charge in [-0.2, -0.15) is 0 Å². The number of ether oxygens (including phenoxy) is 2. The molecule has 0 amide bonds. The van der Waals surface area contributed by atoms with Gasteiger partial charge in [-0.3, -0.25) is 4.79 Å². The van der Waals surface area contributed by atoms with Gasteiger partial charge in [-0.15, -0.1) is 0 Å². The van der Waals surface area contributed by atoms with E-state index >= 15 is 0 Å². The Balaban J connectivity index is 2.99. The number of rotatable bonds is 4. The van der Waals surface area contributed by atoms with Crippen molar-refractivity contribution in [1.29, 1.82) is 0 Å². The van der Waals surface area contributed by atoms with Crippen molar-refractivity contribution >= 4 is 27.9 Å². The van der Waals surface area contributed by atoms with Gasteiger partial charge in [-0.1, -0.05) is 22.0 Å². The molecule has 0 aromatic heterocycles. The van der Waals surface area contributed by atoms with Crippen LogP contribution in [-0.2, 0) is 20.9 Å². The molecule has 0 aliphatic heterocycles. The van der Waals surface area contributed by atoms with Crippen molar-refractivity contribution in [2.24, 2.45) is 0 Å². The van der Waals surface area contributed by atoms with Crippen LogP contribution in [0.2, 0.25) is 0 Å². The van der Waals surface area contributed by atoms with Gasteiger partial charge < -0.3 is 9.47 Å². The van der Waals surface area contributed by atoms with E-state index < -0.39 is 11.9 Å². The van der Waals surface area contributed by atoms with Crippen molar-refractivity contribution in [3.8, 4) is 0 Å². The fourth-order valence-electron chi connectivity index (χ4n) is 1.28. The van der Waals surface area contributed by atoms with Crippen LogP contribution in [0.1, 0.15) is 29.8 Å². The van der Waals surface area contributed by atoms with E-state index in [9.17, 15) is 9.59 Å². The zero-order valence-corrected chi connectivity index (χ0v) is 11.2. The molecule has 0 spiro atoms. The van der Waals surface area contributed by atoms with E-state index in [0.717, 1.165) is 0 Å². The number of hydrogen-bond acceptors (Lipinski definition) is 4. The Hall–Kier alpha value is -1.36. The molecule has 0 aliphatic rings. The standard InChI is InChI=1S/C12H13BrO4/c1-3-16-12(15)9-5-4-6-11(13)10(9)7-17-8(2)14/h4-6H,3,7H2,1-2H3. The SMILES string of the molecule is CCOC(=O)c1cccc(Br)c1COC(C)=O. The van der Waals surface area contributed by atoms with Crippen LogP contribution in [0.3, 0.4) is 0 Å². The monoisotopic (exact) mass is 300 g/mol. The minimum atomic E-state index is -0.420. The largest absolute Gasteiger partial charge is 0.462 e. The van der Waals surface area contributed by atoms with E-state index in [4.69, 9.17) is 9.47 Å². The summed E-state index contributed by atoms with van der Waals surface area (Å²) < 4.78 is 10.5. The van der Waals surface area contributed by atoms with Crippen molar-refractivity contribution in [2.45, 2.75) is 20.5 Å². The summed E-state index contributed by atoms with van der Waals surface area (Å²) in [5.74, 6) is -0.813. The smallest absolute Gasteiger partial charge is 0.338 e. The second-order valence-electron chi connectivity index (χ2n) is 3.27. The van der Waals surface area contributed by atoms with Gasteiger partial charge in [0.25, 0.3) is 0 Å². The third kappa shape index (κ3) is 3.85. The van der Waals surface area contributed by atoms with Gasteiger partial charge in [0.1, 0.15) is 6.61 Å². The molecular weight excluding hydrogens is 288 g/mol. The van der Waals surface area contributed by atoms with Crippen molar-refractivity contribution < 1.29 is 19.1 Å². The fourth-order valence-corrected chi connectivity index (χ4v) is 1.76. The lowest BCUT2D eigenvalue weighted by Crippen LogP contribution is -2.10. The Morgan fingerprint density at radius 2 is 2.00 bits per heavy atom. The predicted molar refractivity (Wildman–Crippen MR) is 65.6 cm³/mol. The van der Waals surface area contributed by atoms with Crippen LogP contribution in [0.25, 0.3) is 0 Å². The Morgan fingerprint density at radius 3 is 2.59 bits per heavy atom. The highest BCUT2D eigenvalue weighted by Crippen LogP contribution is 2.22. The van der Waals surface area contributed by atoms with Gasteiger partial charge in [0.05, 0.1) is 12.2 Å². The van der Waals surface area contributed by atoms with Crippen LogP contribution in [0, 0.1) is 0 Å². The average Bonchev–Trinajstić information content (AvgIpc) is 2.27. The van der Waals surface area contributed by atoms with E-state index in [1.165, 1.54) is 6.92 Å². The Morgan fingerprint density at radius 1 is 1.29 bits per heavy atom. The highest BCUT2D eigenvalue weighted by molar-refractivity contribution is 9.10. The van der Waals surface area contributed by atoms with Crippen molar-refractivity contribution in [3.05, 3.63) is 33.8 Å². The number of hydrogen-bond donors (Lipinski definition) is 0. The first kappa shape index (κ1) is 13.7. The first-order valence-corrected chi connectivity index (χ1v) is 5.93.